The monoisotopic (exact) mass is 1270 g/mol. The summed E-state index contributed by atoms with van der Waals surface area (Å²) in [6.45, 7) is 35.6. The molecule has 88 heavy (non-hydrogen) atoms. The van der Waals surface area contributed by atoms with E-state index in [-0.39, 0.29) is 57.7 Å². The minimum Gasteiger partial charge on any atom is -0.464 e. The minimum absolute atomic E-state index is 0.0185. The number of carbonyl (C=O) groups is 1. The molecule has 0 bridgehead atoms. The highest BCUT2D eigenvalue weighted by Crippen LogP contribution is 2.39. The van der Waals surface area contributed by atoms with Gasteiger partial charge in [0.05, 0.1) is 71.4 Å². The maximum absolute atomic E-state index is 15.7. The van der Waals surface area contributed by atoms with E-state index in [1.807, 2.05) is 44.9 Å². The molecule has 2 aliphatic heterocycles. The van der Waals surface area contributed by atoms with Gasteiger partial charge in [-0.05, 0) is 84.5 Å². The van der Waals surface area contributed by atoms with Crippen molar-refractivity contribution < 1.29 is 42.0 Å². The van der Waals surface area contributed by atoms with Crippen molar-refractivity contribution in [3.63, 3.8) is 0 Å². The van der Waals surface area contributed by atoms with Crippen LogP contribution >= 0.6 is 0 Å². The largest absolute Gasteiger partial charge is 0.464 e. The van der Waals surface area contributed by atoms with Gasteiger partial charge in [0.25, 0.3) is 0 Å². The first kappa shape index (κ1) is 64.5. The average Bonchev–Trinajstić information content (AvgIpc) is 1.77. The molecular formula is C63H88F2N12O7Si4. The SMILES string of the molecule is CCc1cc(OCOCC[Si](C)(C)C)c(F)cc1-c1cc2[nH]nc(-c3nc4c(n3COCC[Si](C)(C)C)CN(C(=O)N3Cc5nc(-c6n[nH]c7cc(-c8cc(F)c(OCOCC[Si](C)(C)C)cc8CC)ncc67)n(COCC[Si](C)(C)C)c5C3)C4)c2cn1. The zero-order valence-corrected chi connectivity index (χ0v) is 57.9. The second kappa shape index (κ2) is 26.5. The van der Waals surface area contributed by atoms with E-state index in [0.29, 0.717) is 109 Å². The number of nitrogens with one attached hydrogen (secondary N) is 2. The molecule has 0 radical (unpaired) electrons. The Labute approximate surface area is 519 Å². The van der Waals surface area contributed by atoms with Crippen molar-refractivity contribution in [2.45, 2.75) is 169 Å². The lowest BCUT2D eigenvalue weighted by Gasteiger charge is -2.24. The summed E-state index contributed by atoms with van der Waals surface area (Å²) in [7, 11) is -5.37. The van der Waals surface area contributed by atoms with Crippen molar-refractivity contribution in [2.24, 2.45) is 0 Å². The Kier molecular flexibility index (Phi) is 19.5. The standard InChI is InChI=1S/C63H88F2N12O7Si4/c1-15-41-25-57(83-39-81-19-23-87(9,10)11)47(64)27-43(41)49-29-51-45(31-66-49)59(72-70-51)61-68-53-33-74(35-55(53)76(61)37-79-17-21-85(3,4)5)63(78)75-34-54-56(36-75)77(38-80-18-22-86(6,7)8)62(69-54)60-46-32-67-50(30-52(46)71-73-60)44-28-48(65)58(26-42(44)16-2)84-40-82-20-24-88(12,13)14/h25-32H,15-24,33-40H2,1-14H3,(H,70,72)(H,71,73). The van der Waals surface area contributed by atoms with E-state index in [0.717, 1.165) is 68.9 Å². The van der Waals surface area contributed by atoms with Gasteiger partial charge < -0.3 is 47.4 Å². The van der Waals surface area contributed by atoms with Crippen LogP contribution in [0.5, 0.6) is 11.5 Å². The summed E-state index contributed by atoms with van der Waals surface area (Å²) in [5, 5.41) is 17.5. The zero-order valence-electron chi connectivity index (χ0n) is 53.9. The summed E-state index contributed by atoms with van der Waals surface area (Å²) in [4.78, 5) is 38.6. The molecule has 6 aromatic heterocycles. The van der Waals surface area contributed by atoms with Crippen LogP contribution in [0.3, 0.4) is 0 Å². The molecule has 0 unspecified atom stereocenters. The lowest BCUT2D eigenvalue weighted by molar-refractivity contribution is 0.0195. The normalized spacial score (nSPS) is 13.9. The van der Waals surface area contributed by atoms with Gasteiger partial charge in [0.15, 0.2) is 48.4 Å². The first-order chi connectivity index (χ1) is 41.7. The summed E-state index contributed by atoms with van der Waals surface area (Å²) >= 11 is 0. The highest BCUT2D eigenvalue weighted by molar-refractivity contribution is 6.77. The molecule has 0 spiro atoms. The van der Waals surface area contributed by atoms with E-state index in [4.69, 9.17) is 58.6 Å². The van der Waals surface area contributed by atoms with Gasteiger partial charge in [0, 0.05) is 93.0 Å². The van der Waals surface area contributed by atoms with Crippen LogP contribution in [0.4, 0.5) is 13.6 Å². The number of benzene rings is 2. The van der Waals surface area contributed by atoms with Gasteiger partial charge in [-0.15, -0.1) is 0 Å². The number of urea groups is 1. The third-order valence-corrected chi connectivity index (χ3v) is 23.0. The Hall–Kier alpha value is -6.46. The smallest absolute Gasteiger partial charge is 0.321 e. The van der Waals surface area contributed by atoms with Crippen molar-refractivity contribution in [3.8, 4) is 57.1 Å². The summed E-state index contributed by atoms with van der Waals surface area (Å²) in [6.07, 6.45) is 4.79. The molecule has 0 atom stereocenters. The topological polar surface area (TPSA) is 198 Å². The number of pyridine rings is 2. The number of amides is 2. The Morgan fingerprint density at radius 1 is 0.523 bits per heavy atom. The number of aromatic amines is 2. The molecule has 0 aliphatic carbocycles. The fourth-order valence-electron chi connectivity index (χ4n) is 10.7. The Morgan fingerprint density at radius 3 is 1.26 bits per heavy atom. The molecule has 8 heterocycles. The maximum Gasteiger partial charge on any atom is 0.321 e. The lowest BCUT2D eigenvalue weighted by atomic mass is 10.0. The highest BCUT2D eigenvalue weighted by atomic mass is 28.3. The van der Waals surface area contributed by atoms with Crippen LogP contribution in [0.15, 0.2) is 48.8 Å². The summed E-state index contributed by atoms with van der Waals surface area (Å²) in [6, 6.07) is 14.0. The number of rotatable bonds is 28. The average molecular weight is 1280 g/mol. The predicted octanol–water partition coefficient (Wildman–Crippen LogP) is 14.2. The van der Waals surface area contributed by atoms with Crippen molar-refractivity contribution in [1.29, 1.82) is 0 Å². The number of fused-ring (bicyclic) bond motifs is 4. The summed E-state index contributed by atoms with van der Waals surface area (Å²) < 4.78 is 71.2. The Balaban J connectivity index is 0.869. The van der Waals surface area contributed by atoms with Crippen LogP contribution in [0, 0.1) is 11.6 Å². The van der Waals surface area contributed by atoms with Crippen LogP contribution < -0.4 is 9.47 Å². The van der Waals surface area contributed by atoms with E-state index in [1.165, 1.54) is 12.1 Å². The molecule has 472 valence electrons. The van der Waals surface area contributed by atoms with Crippen molar-refractivity contribution in [1.82, 2.24) is 59.3 Å². The molecule has 0 saturated carbocycles. The molecule has 25 heteroatoms. The molecule has 0 saturated heterocycles. The third-order valence-electron chi connectivity index (χ3n) is 16.2. The number of ether oxygens (including phenoxy) is 6. The highest BCUT2D eigenvalue weighted by Gasteiger charge is 2.38. The first-order valence-corrected chi connectivity index (χ1v) is 45.7. The lowest BCUT2D eigenvalue weighted by Crippen LogP contribution is -2.38. The number of aryl methyl sites for hydroxylation is 2. The van der Waals surface area contributed by atoms with Gasteiger partial charge in [-0.2, -0.15) is 10.2 Å². The van der Waals surface area contributed by atoms with Crippen LogP contribution in [-0.2, 0) is 71.4 Å². The van der Waals surface area contributed by atoms with Crippen LogP contribution in [0.1, 0.15) is 47.8 Å². The van der Waals surface area contributed by atoms with Gasteiger partial charge in [-0.3, -0.25) is 20.2 Å². The number of hydrogen-bond donors (Lipinski definition) is 2. The van der Waals surface area contributed by atoms with Gasteiger partial charge in [0.2, 0.25) is 0 Å². The number of nitrogens with zero attached hydrogens (tertiary/aromatic N) is 10. The molecular weight excluding hydrogens is 1190 g/mol. The molecule has 2 aromatic carbocycles. The van der Waals surface area contributed by atoms with E-state index in [9.17, 15) is 4.79 Å². The van der Waals surface area contributed by atoms with E-state index < -0.39 is 43.9 Å². The third kappa shape index (κ3) is 15.2. The van der Waals surface area contributed by atoms with Crippen molar-refractivity contribution in [3.05, 3.63) is 94.3 Å². The van der Waals surface area contributed by atoms with Gasteiger partial charge in [0.1, 0.15) is 24.8 Å². The van der Waals surface area contributed by atoms with Gasteiger partial charge in [-0.1, -0.05) is 92.4 Å². The zero-order chi connectivity index (χ0) is 62.9. The molecule has 0 fully saturated rings. The van der Waals surface area contributed by atoms with Crippen molar-refractivity contribution in [2.75, 3.05) is 40.0 Å². The Morgan fingerprint density at radius 2 is 0.898 bits per heavy atom. The summed E-state index contributed by atoms with van der Waals surface area (Å²) in [5.41, 5.74) is 10.2. The number of imidazole rings is 2. The number of aromatic nitrogens is 10. The van der Waals surface area contributed by atoms with E-state index in [2.05, 4.69) is 88.8 Å². The quantitative estimate of drug-likeness (QED) is 0.0267. The first-order valence-electron chi connectivity index (χ1n) is 30.9. The van der Waals surface area contributed by atoms with Crippen LogP contribution in [-0.4, -0.2) is 138 Å². The second-order valence-corrected chi connectivity index (χ2v) is 50.6. The number of carbonyl (C=O) groups excluding carboxylic acids is 1. The molecule has 10 rings (SSSR count). The van der Waals surface area contributed by atoms with Crippen molar-refractivity contribution >= 4 is 60.1 Å². The fourth-order valence-corrected chi connectivity index (χ4v) is 13.7. The molecule has 2 aliphatic rings. The number of hydrogen-bond acceptors (Lipinski definition) is 13. The van der Waals surface area contributed by atoms with Gasteiger partial charge in [-0.25, -0.2) is 23.5 Å². The summed E-state index contributed by atoms with van der Waals surface area (Å²) in [5.74, 6) is 0.541. The molecule has 2 N–H and O–H groups in total. The number of halogens is 2. The van der Waals surface area contributed by atoms with E-state index >= 15 is 8.78 Å². The fraction of sp³-hybridized carbons (Fsp3) is 0.508. The second-order valence-electron chi connectivity index (χ2n) is 28.1. The minimum atomic E-state index is -1.41. The van der Waals surface area contributed by atoms with E-state index in [1.54, 1.807) is 24.5 Å². The maximum atomic E-state index is 15.7. The molecule has 2 amide bonds. The predicted molar refractivity (Wildman–Crippen MR) is 351 cm³/mol. The molecule has 8 aromatic rings. The van der Waals surface area contributed by atoms with Crippen LogP contribution in [0.2, 0.25) is 103 Å². The Bertz CT molecular complexity index is 3560. The number of H-pyrrole nitrogens is 2. The van der Waals surface area contributed by atoms with Gasteiger partial charge >= 0.3 is 6.03 Å². The van der Waals surface area contributed by atoms with Crippen LogP contribution in [0.25, 0.3) is 67.4 Å². The molecule has 19 nitrogen and oxygen atoms in total.